The van der Waals surface area contributed by atoms with Crippen LogP contribution >= 0.6 is 0 Å². The van der Waals surface area contributed by atoms with E-state index in [9.17, 15) is 0 Å². The third kappa shape index (κ3) is 2.42. The molecule has 13 heavy (non-hydrogen) atoms. The highest BCUT2D eigenvalue weighted by Gasteiger charge is 2.25. The fraction of sp³-hybridized carbons (Fsp3) is 1.00. The number of rotatable bonds is 3. The van der Waals surface area contributed by atoms with Crippen molar-refractivity contribution >= 4 is 0 Å². The molecule has 3 heteroatoms. The molecule has 3 atom stereocenters. The molecule has 0 amide bonds. The molecule has 0 saturated carbocycles. The highest BCUT2D eigenvalue weighted by molar-refractivity contribution is 4.80. The summed E-state index contributed by atoms with van der Waals surface area (Å²) in [6.07, 6.45) is 4.42. The molecule has 2 heterocycles. The van der Waals surface area contributed by atoms with Crippen LogP contribution in [-0.4, -0.2) is 38.0 Å². The first-order valence-corrected chi connectivity index (χ1v) is 5.33. The van der Waals surface area contributed by atoms with Gasteiger partial charge in [-0.05, 0) is 26.2 Å². The monoisotopic (exact) mass is 185 g/mol. The maximum atomic E-state index is 5.54. The minimum absolute atomic E-state index is 0.376. The SMILES string of the molecule is C[C@@H]1OCC[C@@H]1NC[C@@H]1CCCO1. The van der Waals surface area contributed by atoms with E-state index in [1.165, 1.54) is 12.8 Å². The molecule has 0 aliphatic carbocycles. The third-order valence-corrected chi connectivity index (χ3v) is 3.01. The van der Waals surface area contributed by atoms with Gasteiger partial charge in [0.1, 0.15) is 0 Å². The van der Waals surface area contributed by atoms with Crippen molar-refractivity contribution < 1.29 is 9.47 Å². The molecule has 0 aromatic carbocycles. The fourth-order valence-electron chi connectivity index (χ4n) is 2.09. The van der Waals surface area contributed by atoms with Crippen molar-refractivity contribution in [1.82, 2.24) is 5.32 Å². The van der Waals surface area contributed by atoms with Crippen LogP contribution in [-0.2, 0) is 9.47 Å². The average Bonchev–Trinajstić information content (AvgIpc) is 2.72. The van der Waals surface area contributed by atoms with Crippen LogP contribution in [0.25, 0.3) is 0 Å². The molecule has 2 aliphatic rings. The van der Waals surface area contributed by atoms with Gasteiger partial charge in [-0.2, -0.15) is 0 Å². The number of nitrogens with one attached hydrogen (secondary N) is 1. The van der Waals surface area contributed by atoms with E-state index in [0.717, 1.165) is 26.2 Å². The smallest absolute Gasteiger partial charge is 0.0700 e. The normalized spacial score (nSPS) is 39.9. The molecular weight excluding hydrogens is 166 g/mol. The van der Waals surface area contributed by atoms with Crippen LogP contribution in [0.15, 0.2) is 0 Å². The first kappa shape index (κ1) is 9.44. The average molecular weight is 185 g/mol. The van der Waals surface area contributed by atoms with Crippen LogP contribution in [0.3, 0.4) is 0 Å². The van der Waals surface area contributed by atoms with Gasteiger partial charge in [-0.15, -0.1) is 0 Å². The molecule has 0 aromatic heterocycles. The van der Waals surface area contributed by atoms with Crippen molar-refractivity contribution in [3.05, 3.63) is 0 Å². The van der Waals surface area contributed by atoms with Crippen LogP contribution in [0, 0.1) is 0 Å². The summed E-state index contributed by atoms with van der Waals surface area (Å²) in [6.45, 7) is 4.99. The van der Waals surface area contributed by atoms with Crippen molar-refractivity contribution in [2.45, 2.75) is 44.4 Å². The second-order valence-electron chi connectivity index (χ2n) is 4.01. The minimum Gasteiger partial charge on any atom is -0.377 e. The lowest BCUT2D eigenvalue weighted by Crippen LogP contribution is -2.39. The molecule has 0 aromatic rings. The standard InChI is InChI=1S/C10H19NO2/c1-8-10(4-6-12-8)11-7-9-3-2-5-13-9/h8-11H,2-7H2,1H3/t8-,9-,10-/m0/s1. The second-order valence-corrected chi connectivity index (χ2v) is 4.01. The second kappa shape index (κ2) is 4.40. The summed E-state index contributed by atoms with van der Waals surface area (Å²) >= 11 is 0. The van der Waals surface area contributed by atoms with Gasteiger partial charge in [0.15, 0.2) is 0 Å². The lowest BCUT2D eigenvalue weighted by Gasteiger charge is -2.18. The summed E-state index contributed by atoms with van der Waals surface area (Å²) in [6, 6.07) is 0.546. The molecule has 0 unspecified atom stereocenters. The molecule has 2 aliphatic heterocycles. The summed E-state index contributed by atoms with van der Waals surface area (Å²) < 4.78 is 11.0. The summed E-state index contributed by atoms with van der Waals surface area (Å²) in [7, 11) is 0. The predicted octanol–water partition coefficient (Wildman–Crippen LogP) is 0.932. The maximum Gasteiger partial charge on any atom is 0.0700 e. The topological polar surface area (TPSA) is 30.5 Å². The van der Waals surface area contributed by atoms with Gasteiger partial charge >= 0.3 is 0 Å². The van der Waals surface area contributed by atoms with Gasteiger partial charge in [0.25, 0.3) is 0 Å². The minimum atomic E-state index is 0.376. The van der Waals surface area contributed by atoms with Crippen molar-refractivity contribution in [1.29, 1.82) is 0 Å². The Bertz CT molecular complexity index is 157. The summed E-state index contributed by atoms with van der Waals surface area (Å²) in [5.74, 6) is 0. The van der Waals surface area contributed by atoms with Gasteiger partial charge < -0.3 is 14.8 Å². The first-order valence-electron chi connectivity index (χ1n) is 5.33. The zero-order valence-corrected chi connectivity index (χ0v) is 8.29. The van der Waals surface area contributed by atoms with Crippen molar-refractivity contribution in [3.63, 3.8) is 0 Å². The lowest BCUT2D eigenvalue weighted by atomic mass is 10.1. The Morgan fingerprint density at radius 3 is 2.77 bits per heavy atom. The molecule has 2 rings (SSSR count). The zero-order chi connectivity index (χ0) is 9.10. The third-order valence-electron chi connectivity index (χ3n) is 3.01. The van der Waals surface area contributed by atoms with Crippen LogP contribution in [0.1, 0.15) is 26.2 Å². The van der Waals surface area contributed by atoms with Crippen molar-refractivity contribution in [3.8, 4) is 0 Å². The van der Waals surface area contributed by atoms with E-state index < -0.39 is 0 Å². The largest absolute Gasteiger partial charge is 0.377 e. The van der Waals surface area contributed by atoms with E-state index in [-0.39, 0.29) is 0 Å². The Kier molecular flexibility index (Phi) is 3.19. The van der Waals surface area contributed by atoms with Gasteiger partial charge in [-0.1, -0.05) is 0 Å². The van der Waals surface area contributed by atoms with Crippen molar-refractivity contribution in [2.24, 2.45) is 0 Å². The Morgan fingerprint density at radius 1 is 1.23 bits per heavy atom. The molecule has 76 valence electrons. The predicted molar refractivity (Wildman–Crippen MR) is 50.8 cm³/mol. The molecule has 1 N–H and O–H groups in total. The number of hydrogen-bond acceptors (Lipinski definition) is 3. The quantitative estimate of drug-likeness (QED) is 0.709. The van der Waals surface area contributed by atoms with Gasteiger partial charge in [-0.25, -0.2) is 0 Å². The first-order chi connectivity index (χ1) is 6.36. The Balaban J connectivity index is 1.66. The van der Waals surface area contributed by atoms with E-state index in [4.69, 9.17) is 9.47 Å². The van der Waals surface area contributed by atoms with E-state index in [1.807, 2.05) is 0 Å². The molecule has 0 spiro atoms. The molecule has 0 bridgehead atoms. The molecule has 0 radical (unpaired) electrons. The van der Waals surface area contributed by atoms with E-state index in [1.54, 1.807) is 0 Å². The zero-order valence-electron chi connectivity index (χ0n) is 8.29. The van der Waals surface area contributed by atoms with Crippen molar-refractivity contribution in [2.75, 3.05) is 19.8 Å². The fourth-order valence-corrected chi connectivity index (χ4v) is 2.09. The Hall–Kier alpha value is -0.120. The number of ether oxygens (including phenoxy) is 2. The van der Waals surface area contributed by atoms with Crippen LogP contribution in [0.2, 0.25) is 0 Å². The van der Waals surface area contributed by atoms with Crippen LogP contribution < -0.4 is 5.32 Å². The highest BCUT2D eigenvalue weighted by atomic mass is 16.5. The lowest BCUT2D eigenvalue weighted by molar-refractivity contribution is 0.0925. The molecule has 2 saturated heterocycles. The molecule has 2 fully saturated rings. The van der Waals surface area contributed by atoms with E-state index >= 15 is 0 Å². The van der Waals surface area contributed by atoms with Gasteiger partial charge in [0.2, 0.25) is 0 Å². The Labute approximate surface area is 79.8 Å². The summed E-state index contributed by atoms with van der Waals surface area (Å²) in [5, 5.41) is 3.52. The van der Waals surface area contributed by atoms with Crippen LogP contribution in [0.5, 0.6) is 0 Å². The van der Waals surface area contributed by atoms with Gasteiger partial charge in [0.05, 0.1) is 12.2 Å². The number of hydrogen-bond donors (Lipinski definition) is 1. The van der Waals surface area contributed by atoms with Crippen LogP contribution in [0.4, 0.5) is 0 Å². The molecular formula is C10H19NO2. The Morgan fingerprint density at radius 2 is 2.15 bits per heavy atom. The summed E-state index contributed by atoms with van der Waals surface area (Å²) in [4.78, 5) is 0. The van der Waals surface area contributed by atoms with E-state index in [2.05, 4.69) is 12.2 Å². The van der Waals surface area contributed by atoms with Gasteiger partial charge in [-0.3, -0.25) is 0 Å². The maximum absolute atomic E-state index is 5.54. The van der Waals surface area contributed by atoms with E-state index in [0.29, 0.717) is 18.2 Å². The highest BCUT2D eigenvalue weighted by Crippen LogP contribution is 2.15. The molecule has 3 nitrogen and oxygen atoms in total. The van der Waals surface area contributed by atoms with Gasteiger partial charge in [0, 0.05) is 25.8 Å². The summed E-state index contributed by atoms with van der Waals surface area (Å²) in [5.41, 5.74) is 0.